The van der Waals surface area contributed by atoms with Crippen molar-refractivity contribution in [1.82, 2.24) is 16.0 Å². The Bertz CT molecular complexity index is 566. The Kier molecular flexibility index (Phi) is 11.0. The van der Waals surface area contributed by atoms with E-state index in [2.05, 4.69) is 16.0 Å². The number of primary amides is 1. The third kappa shape index (κ3) is 9.53. The Labute approximate surface area is 153 Å². The lowest BCUT2D eigenvalue weighted by Crippen LogP contribution is -2.38. The van der Waals surface area contributed by atoms with Gasteiger partial charge in [-0.2, -0.15) is 0 Å². The number of rotatable bonds is 9. The molecule has 25 heavy (non-hydrogen) atoms. The molecule has 0 aliphatic heterocycles. The average molecular weight is 373 g/mol. The molecule has 0 fully saturated rings. The molecule has 0 aliphatic carbocycles. The van der Waals surface area contributed by atoms with Crippen molar-refractivity contribution in [3.63, 3.8) is 0 Å². The van der Waals surface area contributed by atoms with Crippen molar-refractivity contribution in [1.29, 1.82) is 0 Å². The molecule has 0 aromatic heterocycles. The van der Waals surface area contributed by atoms with Crippen LogP contribution in [0.4, 0.5) is 4.79 Å². The second-order valence-electron chi connectivity index (χ2n) is 5.16. The number of esters is 1. The minimum Gasteiger partial charge on any atom is -0.465 e. The van der Waals surface area contributed by atoms with Crippen LogP contribution >= 0.6 is 12.4 Å². The molecule has 1 rings (SSSR count). The fraction of sp³-hybridized carbons (Fsp3) is 0.438. The summed E-state index contributed by atoms with van der Waals surface area (Å²) < 4.78 is 4.71. The van der Waals surface area contributed by atoms with Crippen LogP contribution in [-0.2, 0) is 27.4 Å². The zero-order chi connectivity index (χ0) is 17.9. The Balaban J connectivity index is 0.00000576. The van der Waals surface area contributed by atoms with Crippen LogP contribution in [0.15, 0.2) is 24.3 Å². The predicted molar refractivity (Wildman–Crippen MR) is 96.1 cm³/mol. The second kappa shape index (κ2) is 12.1. The van der Waals surface area contributed by atoms with Crippen LogP contribution in [-0.4, -0.2) is 37.1 Å². The minimum atomic E-state index is -0.477. The van der Waals surface area contributed by atoms with Crippen molar-refractivity contribution in [3.05, 3.63) is 35.4 Å². The highest BCUT2D eigenvalue weighted by Gasteiger charge is 2.07. The SMILES string of the molecule is CCOC(=O)CNC(=O)NCc1ccc(CN[C@@H](C)C(N)=O)cc1.Cl. The van der Waals surface area contributed by atoms with Crippen LogP contribution in [0.3, 0.4) is 0 Å². The zero-order valence-corrected chi connectivity index (χ0v) is 15.2. The van der Waals surface area contributed by atoms with Gasteiger partial charge in [-0.3, -0.25) is 9.59 Å². The smallest absolute Gasteiger partial charge is 0.325 e. The third-order valence-electron chi connectivity index (χ3n) is 3.21. The average Bonchev–Trinajstić information content (AvgIpc) is 2.57. The lowest BCUT2D eigenvalue weighted by atomic mass is 10.1. The number of amides is 3. The van der Waals surface area contributed by atoms with Gasteiger partial charge in [0, 0.05) is 13.1 Å². The van der Waals surface area contributed by atoms with Gasteiger partial charge in [-0.15, -0.1) is 12.4 Å². The number of halogens is 1. The summed E-state index contributed by atoms with van der Waals surface area (Å²) in [5, 5.41) is 8.07. The quantitative estimate of drug-likeness (QED) is 0.468. The van der Waals surface area contributed by atoms with Crippen molar-refractivity contribution in [2.75, 3.05) is 13.2 Å². The molecule has 0 unspecified atom stereocenters. The molecule has 0 heterocycles. The number of hydrogen-bond donors (Lipinski definition) is 4. The highest BCUT2D eigenvalue weighted by molar-refractivity contribution is 5.85. The Morgan fingerprint density at radius 2 is 1.64 bits per heavy atom. The number of benzene rings is 1. The van der Waals surface area contributed by atoms with Gasteiger partial charge in [0.25, 0.3) is 0 Å². The van der Waals surface area contributed by atoms with Gasteiger partial charge in [0.2, 0.25) is 5.91 Å². The molecule has 0 radical (unpaired) electrons. The van der Waals surface area contributed by atoms with Gasteiger partial charge in [-0.25, -0.2) is 4.79 Å². The van der Waals surface area contributed by atoms with E-state index in [0.29, 0.717) is 13.1 Å². The van der Waals surface area contributed by atoms with Gasteiger partial charge in [0.15, 0.2) is 0 Å². The topological polar surface area (TPSA) is 123 Å². The van der Waals surface area contributed by atoms with Gasteiger partial charge in [0.1, 0.15) is 6.54 Å². The van der Waals surface area contributed by atoms with Gasteiger partial charge >= 0.3 is 12.0 Å². The van der Waals surface area contributed by atoms with Gasteiger partial charge in [0.05, 0.1) is 12.6 Å². The first-order valence-corrected chi connectivity index (χ1v) is 7.70. The summed E-state index contributed by atoms with van der Waals surface area (Å²) in [6.45, 7) is 4.38. The summed E-state index contributed by atoms with van der Waals surface area (Å²) in [7, 11) is 0. The summed E-state index contributed by atoms with van der Waals surface area (Å²) in [5.74, 6) is -0.876. The monoisotopic (exact) mass is 372 g/mol. The van der Waals surface area contributed by atoms with E-state index in [0.717, 1.165) is 11.1 Å². The van der Waals surface area contributed by atoms with E-state index in [4.69, 9.17) is 10.5 Å². The Morgan fingerprint density at radius 1 is 1.08 bits per heavy atom. The molecular formula is C16H25ClN4O4. The number of ether oxygens (including phenoxy) is 1. The van der Waals surface area contributed by atoms with Crippen molar-refractivity contribution < 1.29 is 19.1 Å². The van der Waals surface area contributed by atoms with Gasteiger partial charge in [-0.1, -0.05) is 24.3 Å². The largest absolute Gasteiger partial charge is 0.465 e. The summed E-state index contributed by atoms with van der Waals surface area (Å²) in [4.78, 5) is 33.6. The molecule has 0 spiro atoms. The van der Waals surface area contributed by atoms with Crippen LogP contribution in [0, 0.1) is 0 Å². The molecule has 0 bridgehead atoms. The Morgan fingerprint density at radius 3 is 2.16 bits per heavy atom. The summed E-state index contributed by atoms with van der Waals surface area (Å²) in [6.07, 6.45) is 0. The molecule has 140 valence electrons. The minimum absolute atomic E-state index is 0. The Hall–Kier alpha value is -2.32. The van der Waals surface area contributed by atoms with Crippen molar-refractivity contribution in [2.45, 2.75) is 33.0 Å². The molecule has 1 atom stereocenters. The highest BCUT2D eigenvalue weighted by Crippen LogP contribution is 2.04. The molecular weight excluding hydrogens is 348 g/mol. The number of carbonyl (C=O) groups is 3. The van der Waals surface area contributed by atoms with Gasteiger partial charge < -0.3 is 26.4 Å². The van der Waals surface area contributed by atoms with Crippen LogP contribution < -0.4 is 21.7 Å². The molecule has 9 heteroatoms. The van der Waals surface area contributed by atoms with Crippen molar-refractivity contribution in [2.24, 2.45) is 5.73 Å². The van der Waals surface area contributed by atoms with E-state index >= 15 is 0 Å². The van der Waals surface area contributed by atoms with Gasteiger partial charge in [-0.05, 0) is 25.0 Å². The normalized spacial score (nSPS) is 11.0. The maximum Gasteiger partial charge on any atom is 0.325 e. The zero-order valence-electron chi connectivity index (χ0n) is 14.3. The third-order valence-corrected chi connectivity index (χ3v) is 3.21. The number of urea groups is 1. The van der Waals surface area contributed by atoms with E-state index in [1.807, 2.05) is 24.3 Å². The first-order valence-electron chi connectivity index (χ1n) is 7.70. The molecule has 0 aliphatic rings. The molecule has 3 amide bonds. The molecule has 0 saturated carbocycles. The van der Waals surface area contributed by atoms with E-state index in [9.17, 15) is 14.4 Å². The number of hydrogen-bond acceptors (Lipinski definition) is 5. The standard InChI is InChI=1S/C16H24N4O4.ClH/c1-3-24-14(21)10-20-16(23)19-9-13-6-4-12(5-7-13)8-18-11(2)15(17)22;/h4-7,11,18H,3,8-10H2,1-2H3,(H2,17,22)(H2,19,20,23);1H/t11-;/m0./s1. The molecule has 1 aromatic carbocycles. The number of carbonyl (C=O) groups excluding carboxylic acids is 3. The van der Waals surface area contributed by atoms with Crippen LogP contribution in [0.1, 0.15) is 25.0 Å². The fourth-order valence-corrected chi connectivity index (χ4v) is 1.76. The fourth-order valence-electron chi connectivity index (χ4n) is 1.76. The number of nitrogens with two attached hydrogens (primary N) is 1. The molecule has 8 nitrogen and oxygen atoms in total. The molecule has 1 aromatic rings. The molecule has 5 N–H and O–H groups in total. The lowest BCUT2D eigenvalue weighted by molar-refractivity contribution is -0.141. The second-order valence-corrected chi connectivity index (χ2v) is 5.16. The van der Waals surface area contributed by atoms with E-state index in [1.54, 1.807) is 13.8 Å². The maximum absolute atomic E-state index is 11.5. The van der Waals surface area contributed by atoms with Crippen molar-refractivity contribution >= 4 is 30.3 Å². The highest BCUT2D eigenvalue weighted by atomic mass is 35.5. The summed E-state index contributed by atoms with van der Waals surface area (Å²) in [6, 6.07) is 6.70. The first kappa shape index (κ1) is 22.7. The predicted octanol–water partition coefficient (Wildman–Crippen LogP) is 0.434. The first-order chi connectivity index (χ1) is 11.4. The van der Waals surface area contributed by atoms with Crippen molar-refractivity contribution in [3.8, 4) is 0 Å². The lowest BCUT2D eigenvalue weighted by Gasteiger charge is -2.11. The van der Waals surface area contributed by atoms with E-state index in [-0.39, 0.29) is 25.6 Å². The summed E-state index contributed by atoms with van der Waals surface area (Å²) >= 11 is 0. The molecule has 0 saturated heterocycles. The van der Waals surface area contributed by atoms with E-state index in [1.165, 1.54) is 0 Å². The summed E-state index contributed by atoms with van der Waals surface area (Å²) in [5.41, 5.74) is 7.08. The van der Waals surface area contributed by atoms with Crippen LogP contribution in [0.5, 0.6) is 0 Å². The van der Waals surface area contributed by atoms with Crippen LogP contribution in [0.2, 0.25) is 0 Å². The maximum atomic E-state index is 11.5. The van der Waals surface area contributed by atoms with E-state index < -0.39 is 23.9 Å². The van der Waals surface area contributed by atoms with Crippen LogP contribution in [0.25, 0.3) is 0 Å². The number of nitrogens with one attached hydrogen (secondary N) is 3.